The molecule has 1 aromatic rings. The molecule has 7 nitrogen and oxygen atoms in total. The van der Waals surface area contributed by atoms with Crippen molar-refractivity contribution in [2.45, 2.75) is 6.92 Å². The van der Waals surface area contributed by atoms with Crippen molar-refractivity contribution in [1.29, 1.82) is 0 Å². The second-order valence-electron chi connectivity index (χ2n) is 4.69. The molecule has 1 saturated heterocycles. The molecule has 0 aromatic carbocycles. The van der Waals surface area contributed by atoms with Crippen molar-refractivity contribution in [3.8, 4) is 0 Å². The van der Waals surface area contributed by atoms with Crippen LogP contribution in [0.2, 0.25) is 0 Å². The summed E-state index contributed by atoms with van der Waals surface area (Å²) in [6, 6.07) is 0. The smallest absolute Gasteiger partial charge is 0.267 e. The molecule has 0 bridgehead atoms. The summed E-state index contributed by atoms with van der Waals surface area (Å²) in [5.41, 5.74) is 5.93. The molecule has 2 heterocycles. The van der Waals surface area contributed by atoms with E-state index in [-0.39, 0.29) is 5.91 Å². The molecular formula is C13H22N4O3S. The number of nitrogen functional groups attached to an aromatic ring is 1. The van der Waals surface area contributed by atoms with Crippen LogP contribution in [0.15, 0.2) is 0 Å². The molecule has 2 N–H and O–H groups in total. The quantitative estimate of drug-likeness (QED) is 0.831. The van der Waals surface area contributed by atoms with Gasteiger partial charge in [0.25, 0.3) is 5.91 Å². The molecule has 0 spiro atoms. The number of morpholine rings is 1. The Balaban J connectivity index is 2.11. The van der Waals surface area contributed by atoms with Crippen LogP contribution >= 0.6 is 11.3 Å². The highest BCUT2D eigenvalue weighted by Crippen LogP contribution is 2.29. The van der Waals surface area contributed by atoms with Gasteiger partial charge in [-0.1, -0.05) is 11.3 Å². The number of amides is 1. The third-order valence-corrected chi connectivity index (χ3v) is 4.47. The Bertz CT molecular complexity index is 474. The fourth-order valence-corrected chi connectivity index (χ4v) is 3.12. The Hall–Kier alpha value is -1.38. The fraction of sp³-hybridized carbons (Fsp3) is 0.692. The SMILES string of the molecule is CCN(CCOC)C(=O)c1sc(N2CCOCC2)nc1N. The second-order valence-corrected chi connectivity index (χ2v) is 5.67. The van der Waals surface area contributed by atoms with Crippen LogP contribution in [0.4, 0.5) is 10.9 Å². The first kappa shape index (κ1) is 16.0. The van der Waals surface area contributed by atoms with E-state index >= 15 is 0 Å². The monoisotopic (exact) mass is 314 g/mol. The van der Waals surface area contributed by atoms with Crippen molar-refractivity contribution in [3.63, 3.8) is 0 Å². The summed E-state index contributed by atoms with van der Waals surface area (Å²) in [6.07, 6.45) is 0. The van der Waals surface area contributed by atoms with Gasteiger partial charge in [0.05, 0.1) is 19.8 Å². The molecule has 118 valence electrons. The van der Waals surface area contributed by atoms with E-state index in [0.29, 0.717) is 43.6 Å². The first-order chi connectivity index (χ1) is 10.2. The van der Waals surface area contributed by atoms with E-state index in [1.54, 1.807) is 12.0 Å². The predicted molar refractivity (Wildman–Crippen MR) is 83.0 cm³/mol. The van der Waals surface area contributed by atoms with Crippen molar-refractivity contribution >= 4 is 28.2 Å². The third kappa shape index (κ3) is 3.84. The van der Waals surface area contributed by atoms with Gasteiger partial charge in [-0.2, -0.15) is 0 Å². The highest BCUT2D eigenvalue weighted by atomic mass is 32.1. The van der Waals surface area contributed by atoms with Crippen LogP contribution in [0.25, 0.3) is 0 Å². The van der Waals surface area contributed by atoms with Gasteiger partial charge in [-0.15, -0.1) is 0 Å². The van der Waals surface area contributed by atoms with E-state index in [2.05, 4.69) is 9.88 Å². The van der Waals surface area contributed by atoms with Gasteiger partial charge in [0.15, 0.2) is 5.13 Å². The number of thiazole rings is 1. The molecular weight excluding hydrogens is 292 g/mol. The molecule has 1 fully saturated rings. The first-order valence-electron chi connectivity index (χ1n) is 7.04. The van der Waals surface area contributed by atoms with Crippen LogP contribution in [-0.4, -0.2) is 68.9 Å². The number of anilines is 2. The number of nitrogens with zero attached hydrogens (tertiary/aromatic N) is 3. The Morgan fingerprint density at radius 2 is 2.24 bits per heavy atom. The van der Waals surface area contributed by atoms with Gasteiger partial charge in [-0.25, -0.2) is 4.98 Å². The van der Waals surface area contributed by atoms with E-state index < -0.39 is 0 Å². The molecule has 2 rings (SSSR count). The molecule has 0 radical (unpaired) electrons. The maximum atomic E-state index is 12.5. The minimum Gasteiger partial charge on any atom is -0.383 e. The highest BCUT2D eigenvalue weighted by molar-refractivity contribution is 7.18. The van der Waals surface area contributed by atoms with Crippen molar-refractivity contribution in [3.05, 3.63) is 4.88 Å². The predicted octanol–water partition coefficient (Wildman–Crippen LogP) is 0.670. The summed E-state index contributed by atoms with van der Waals surface area (Å²) in [5.74, 6) is 0.228. The van der Waals surface area contributed by atoms with Crippen LogP contribution in [-0.2, 0) is 9.47 Å². The first-order valence-corrected chi connectivity index (χ1v) is 7.86. The molecule has 21 heavy (non-hydrogen) atoms. The van der Waals surface area contributed by atoms with E-state index in [1.807, 2.05) is 6.92 Å². The van der Waals surface area contributed by atoms with Gasteiger partial charge in [-0.05, 0) is 6.92 Å². The molecule has 1 aromatic heterocycles. The summed E-state index contributed by atoms with van der Waals surface area (Å²) in [6.45, 7) is 6.53. The summed E-state index contributed by atoms with van der Waals surface area (Å²) in [7, 11) is 1.62. The standard InChI is InChI=1S/C13H22N4O3S/c1-3-16(4-7-19-2)12(18)10-11(14)15-13(21-10)17-5-8-20-9-6-17/h3-9,14H2,1-2H3. The maximum absolute atomic E-state index is 12.5. The number of hydrogen-bond donors (Lipinski definition) is 1. The third-order valence-electron chi connectivity index (χ3n) is 3.35. The molecule has 0 unspecified atom stereocenters. The van der Waals surface area contributed by atoms with Crippen molar-refractivity contribution in [1.82, 2.24) is 9.88 Å². The van der Waals surface area contributed by atoms with Crippen LogP contribution in [0.1, 0.15) is 16.6 Å². The molecule has 1 aliphatic heterocycles. The molecule has 0 saturated carbocycles. The number of ether oxygens (including phenoxy) is 2. The van der Waals surface area contributed by atoms with Gasteiger partial charge in [-0.3, -0.25) is 4.79 Å². The van der Waals surface area contributed by atoms with Gasteiger partial charge < -0.3 is 25.0 Å². The zero-order chi connectivity index (χ0) is 15.2. The van der Waals surface area contributed by atoms with Gasteiger partial charge in [0, 0.05) is 33.3 Å². The number of hydrogen-bond acceptors (Lipinski definition) is 7. The fourth-order valence-electron chi connectivity index (χ4n) is 2.11. The lowest BCUT2D eigenvalue weighted by Crippen LogP contribution is -2.36. The lowest BCUT2D eigenvalue weighted by atomic mass is 10.4. The number of aromatic nitrogens is 1. The topological polar surface area (TPSA) is 80.9 Å². The van der Waals surface area contributed by atoms with E-state index in [0.717, 1.165) is 18.2 Å². The van der Waals surface area contributed by atoms with Crippen LogP contribution in [0, 0.1) is 0 Å². The normalized spacial score (nSPS) is 15.2. The maximum Gasteiger partial charge on any atom is 0.267 e. The molecule has 0 atom stereocenters. The molecule has 1 amide bonds. The minimum atomic E-state index is -0.0796. The summed E-state index contributed by atoms with van der Waals surface area (Å²) >= 11 is 1.35. The van der Waals surface area contributed by atoms with Crippen LogP contribution in [0.5, 0.6) is 0 Å². The van der Waals surface area contributed by atoms with E-state index in [1.165, 1.54) is 11.3 Å². The Kier molecular flexibility index (Phi) is 5.77. The number of methoxy groups -OCH3 is 1. The number of likely N-dealkylation sites (N-methyl/N-ethyl adjacent to an activating group) is 1. The minimum absolute atomic E-state index is 0.0796. The second kappa shape index (κ2) is 7.58. The van der Waals surface area contributed by atoms with Gasteiger partial charge in [0.1, 0.15) is 10.7 Å². The number of nitrogens with two attached hydrogens (primary N) is 1. The van der Waals surface area contributed by atoms with Crippen LogP contribution < -0.4 is 10.6 Å². The zero-order valence-corrected chi connectivity index (χ0v) is 13.3. The van der Waals surface area contributed by atoms with Gasteiger partial charge >= 0.3 is 0 Å². The van der Waals surface area contributed by atoms with Crippen LogP contribution in [0.3, 0.4) is 0 Å². The molecule has 1 aliphatic rings. The number of rotatable bonds is 6. The highest BCUT2D eigenvalue weighted by Gasteiger charge is 2.24. The summed E-state index contributed by atoms with van der Waals surface area (Å²) in [4.78, 5) is 21.2. The summed E-state index contributed by atoms with van der Waals surface area (Å²) in [5, 5.41) is 0.793. The van der Waals surface area contributed by atoms with Gasteiger partial charge in [0.2, 0.25) is 0 Å². The van der Waals surface area contributed by atoms with Crippen molar-refractivity contribution < 1.29 is 14.3 Å². The number of carbonyl (C=O) groups excluding carboxylic acids is 1. The van der Waals surface area contributed by atoms with Crippen molar-refractivity contribution in [2.24, 2.45) is 0 Å². The lowest BCUT2D eigenvalue weighted by molar-refractivity contribution is 0.0712. The molecule has 0 aliphatic carbocycles. The zero-order valence-electron chi connectivity index (χ0n) is 12.5. The average molecular weight is 314 g/mol. The lowest BCUT2D eigenvalue weighted by Gasteiger charge is -2.26. The Morgan fingerprint density at radius 1 is 1.52 bits per heavy atom. The number of carbonyl (C=O) groups is 1. The van der Waals surface area contributed by atoms with Crippen molar-refractivity contribution in [2.75, 3.05) is 63.7 Å². The average Bonchev–Trinajstić information content (AvgIpc) is 2.90. The largest absolute Gasteiger partial charge is 0.383 e. The Morgan fingerprint density at radius 3 is 2.86 bits per heavy atom. The van der Waals surface area contributed by atoms with E-state index in [9.17, 15) is 4.79 Å². The Labute approximate surface area is 128 Å². The summed E-state index contributed by atoms with van der Waals surface area (Å²) < 4.78 is 10.4. The molecule has 8 heteroatoms. The van der Waals surface area contributed by atoms with E-state index in [4.69, 9.17) is 15.2 Å².